The number of anilines is 1. The Labute approximate surface area is 183 Å². The molecule has 3 heterocycles. The first kappa shape index (κ1) is 22.3. The van der Waals surface area contributed by atoms with Crippen LogP contribution in [0.3, 0.4) is 0 Å². The second-order valence-electron chi connectivity index (χ2n) is 7.66. The van der Waals surface area contributed by atoms with Crippen molar-refractivity contribution in [1.29, 1.82) is 0 Å². The van der Waals surface area contributed by atoms with Gasteiger partial charge in [0.2, 0.25) is 0 Å². The molecule has 0 aliphatic carbocycles. The molecule has 2 aliphatic rings. The number of nitrogens with zero attached hydrogens (tertiary/aromatic N) is 6. The monoisotopic (exact) mass is 440 g/mol. The van der Waals surface area contributed by atoms with Crippen LogP contribution in [0.25, 0.3) is 0 Å². The van der Waals surface area contributed by atoms with E-state index in [4.69, 9.17) is 16.3 Å². The van der Waals surface area contributed by atoms with Gasteiger partial charge < -0.3 is 9.64 Å². The summed E-state index contributed by atoms with van der Waals surface area (Å²) in [4.78, 5) is 4.93. The predicted octanol–water partition coefficient (Wildman–Crippen LogP) is 3.59. The third-order valence-electron chi connectivity index (χ3n) is 5.75. The van der Waals surface area contributed by atoms with E-state index >= 15 is 0 Å². The van der Waals surface area contributed by atoms with Crippen molar-refractivity contribution in [3.05, 3.63) is 35.1 Å². The lowest BCUT2D eigenvalue weighted by Gasteiger charge is -2.39. The van der Waals surface area contributed by atoms with Gasteiger partial charge in [-0.25, -0.2) is 4.68 Å². The van der Waals surface area contributed by atoms with Gasteiger partial charge in [0.15, 0.2) is 5.82 Å². The second kappa shape index (κ2) is 10.6. The lowest BCUT2D eigenvalue weighted by Crippen LogP contribution is -2.48. The minimum atomic E-state index is 0. The van der Waals surface area contributed by atoms with Crippen molar-refractivity contribution < 1.29 is 4.74 Å². The highest BCUT2D eigenvalue weighted by Crippen LogP contribution is 2.28. The van der Waals surface area contributed by atoms with Crippen molar-refractivity contribution in [3.8, 4) is 0 Å². The molecule has 0 N–H and O–H groups in total. The molecule has 7 nitrogen and oxygen atoms in total. The topological polar surface area (TPSA) is 59.3 Å². The van der Waals surface area contributed by atoms with E-state index in [0.717, 1.165) is 75.9 Å². The van der Waals surface area contributed by atoms with Crippen molar-refractivity contribution in [2.24, 2.45) is 0 Å². The van der Waals surface area contributed by atoms with Gasteiger partial charge in [-0.05, 0) is 47.9 Å². The number of rotatable bonds is 7. The van der Waals surface area contributed by atoms with Crippen LogP contribution in [0.1, 0.15) is 44.5 Å². The molecule has 2 aliphatic heterocycles. The molecule has 2 aromatic rings. The molecule has 1 aromatic heterocycles. The molecule has 2 atom stereocenters. The van der Waals surface area contributed by atoms with Crippen molar-refractivity contribution in [2.45, 2.75) is 51.3 Å². The van der Waals surface area contributed by atoms with Gasteiger partial charge in [0, 0.05) is 43.5 Å². The first-order valence-electron chi connectivity index (χ1n) is 10.4. The summed E-state index contributed by atoms with van der Waals surface area (Å²) in [6.45, 7) is 7.77. The van der Waals surface area contributed by atoms with Crippen LogP contribution in [-0.2, 0) is 11.3 Å². The Bertz CT molecular complexity index is 759. The first-order valence-corrected chi connectivity index (χ1v) is 10.7. The van der Waals surface area contributed by atoms with Crippen molar-refractivity contribution >= 4 is 29.7 Å². The van der Waals surface area contributed by atoms with Crippen LogP contribution >= 0.6 is 24.0 Å². The van der Waals surface area contributed by atoms with Gasteiger partial charge in [-0.1, -0.05) is 31.0 Å². The lowest BCUT2D eigenvalue weighted by atomic mass is 10.1. The molecule has 2 unspecified atom stereocenters. The lowest BCUT2D eigenvalue weighted by molar-refractivity contribution is 0.0891. The van der Waals surface area contributed by atoms with Crippen molar-refractivity contribution in [3.63, 3.8) is 0 Å². The Morgan fingerprint density at radius 3 is 2.76 bits per heavy atom. The van der Waals surface area contributed by atoms with Crippen LogP contribution in [0.15, 0.2) is 24.3 Å². The molecule has 0 saturated carbocycles. The molecule has 0 bridgehead atoms. The molecule has 4 rings (SSSR count). The molecule has 29 heavy (non-hydrogen) atoms. The van der Waals surface area contributed by atoms with E-state index in [0.29, 0.717) is 0 Å². The Kier molecular flexibility index (Phi) is 8.12. The van der Waals surface area contributed by atoms with E-state index in [2.05, 4.69) is 38.3 Å². The van der Waals surface area contributed by atoms with Crippen LogP contribution in [0.2, 0.25) is 5.02 Å². The van der Waals surface area contributed by atoms with Crippen LogP contribution in [0, 0.1) is 0 Å². The van der Waals surface area contributed by atoms with E-state index in [1.807, 2.05) is 22.9 Å². The highest BCUT2D eigenvalue weighted by atomic mass is 35.5. The highest BCUT2D eigenvalue weighted by molar-refractivity contribution is 6.30. The second-order valence-corrected chi connectivity index (χ2v) is 8.10. The van der Waals surface area contributed by atoms with E-state index in [1.54, 1.807) is 0 Å². The molecule has 160 valence electrons. The summed E-state index contributed by atoms with van der Waals surface area (Å²) in [5, 5.41) is 13.5. The summed E-state index contributed by atoms with van der Waals surface area (Å²) in [5.41, 5.74) is 1.20. The minimum absolute atomic E-state index is 0. The smallest absolute Gasteiger partial charge is 0.168 e. The largest absolute Gasteiger partial charge is 0.376 e. The van der Waals surface area contributed by atoms with Crippen molar-refractivity contribution in [1.82, 2.24) is 25.1 Å². The summed E-state index contributed by atoms with van der Waals surface area (Å²) in [5.74, 6) is 0.980. The van der Waals surface area contributed by atoms with Gasteiger partial charge >= 0.3 is 0 Å². The maximum Gasteiger partial charge on any atom is 0.168 e. The molecule has 0 radical (unpaired) electrons. The maximum absolute atomic E-state index is 6.17. The predicted molar refractivity (Wildman–Crippen MR) is 117 cm³/mol. The Hall–Kier alpha value is -1.41. The Morgan fingerprint density at radius 1 is 1.24 bits per heavy atom. The summed E-state index contributed by atoms with van der Waals surface area (Å²) < 4.78 is 7.76. The fourth-order valence-corrected chi connectivity index (χ4v) is 4.46. The van der Waals surface area contributed by atoms with Gasteiger partial charge in [-0.15, -0.1) is 17.5 Å². The summed E-state index contributed by atoms with van der Waals surface area (Å²) in [6.07, 6.45) is 4.63. The molecular weight excluding hydrogens is 411 g/mol. The quantitative estimate of drug-likeness (QED) is 0.655. The maximum atomic E-state index is 6.17. The number of hydrogen-bond donors (Lipinski definition) is 0. The molecule has 2 saturated heterocycles. The minimum Gasteiger partial charge on any atom is -0.376 e. The average Bonchev–Trinajstić information content (AvgIpc) is 3.39. The molecule has 0 spiro atoms. The molecule has 1 aromatic carbocycles. The zero-order valence-electron chi connectivity index (χ0n) is 16.9. The fraction of sp³-hybridized carbons (Fsp3) is 0.650. The zero-order valence-corrected chi connectivity index (χ0v) is 18.5. The van der Waals surface area contributed by atoms with Crippen LogP contribution < -0.4 is 4.90 Å². The van der Waals surface area contributed by atoms with Crippen molar-refractivity contribution in [2.75, 3.05) is 37.7 Å². The highest BCUT2D eigenvalue weighted by Gasteiger charge is 2.29. The fourth-order valence-electron chi connectivity index (χ4n) is 4.27. The molecule has 0 amide bonds. The Morgan fingerprint density at radius 2 is 2.07 bits per heavy atom. The normalized spacial score (nSPS) is 21.2. The zero-order chi connectivity index (χ0) is 19.3. The number of halogens is 2. The third kappa shape index (κ3) is 5.40. The Balaban J connectivity index is 0.00000240. The number of benzene rings is 1. The van der Waals surface area contributed by atoms with Gasteiger partial charge in [-0.2, -0.15) is 0 Å². The number of tetrazole rings is 1. The number of ether oxygens (including phenoxy) is 1. The third-order valence-corrected chi connectivity index (χ3v) is 5.98. The van der Waals surface area contributed by atoms with E-state index in [1.165, 1.54) is 5.69 Å². The number of aromatic nitrogens is 4. The molecule has 2 fully saturated rings. The average molecular weight is 441 g/mol. The SMILES string of the molecule is CCCC(c1nnnn1CC1CCCO1)N1CCN(c2cccc(Cl)c2)CC1.Cl. The molecule has 9 heteroatoms. The van der Waals surface area contributed by atoms with Crippen LogP contribution in [0.5, 0.6) is 0 Å². The summed E-state index contributed by atoms with van der Waals surface area (Å²) in [7, 11) is 0. The van der Waals surface area contributed by atoms with E-state index in [9.17, 15) is 0 Å². The number of hydrogen-bond acceptors (Lipinski definition) is 6. The van der Waals surface area contributed by atoms with E-state index in [-0.39, 0.29) is 24.6 Å². The summed E-state index contributed by atoms with van der Waals surface area (Å²) in [6, 6.07) is 8.37. The van der Waals surface area contributed by atoms with Gasteiger partial charge in [0.1, 0.15) is 0 Å². The van der Waals surface area contributed by atoms with Gasteiger partial charge in [-0.3, -0.25) is 4.90 Å². The van der Waals surface area contributed by atoms with Crippen LogP contribution in [-0.4, -0.2) is 64.0 Å². The summed E-state index contributed by atoms with van der Waals surface area (Å²) >= 11 is 6.17. The molecular formula is C20H30Cl2N6O. The van der Waals surface area contributed by atoms with Crippen LogP contribution in [0.4, 0.5) is 5.69 Å². The van der Waals surface area contributed by atoms with Gasteiger partial charge in [0.05, 0.1) is 18.7 Å². The standard InChI is InChI=1S/C20H29ClN6O.ClH/c1-2-5-19(20-22-23-24-27(20)15-18-8-4-13-28-18)26-11-9-25(10-12-26)17-7-3-6-16(21)14-17;/h3,6-7,14,18-19H,2,4-5,8-13,15H2,1H3;1H. The number of piperazine rings is 1. The van der Waals surface area contributed by atoms with E-state index < -0.39 is 0 Å². The van der Waals surface area contributed by atoms with Gasteiger partial charge in [0.25, 0.3) is 0 Å². The first-order chi connectivity index (χ1) is 13.7.